The highest BCUT2D eigenvalue weighted by molar-refractivity contribution is 9.10. The molecule has 0 radical (unpaired) electrons. The highest BCUT2D eigenvalue weighted by Gasteiger charge is 2.16. The quantitative estimate of drug-likeness (QED) is 0.647. The van der Waals surface area contributed by atoms with E-state index in [1.54, 1.807) is 25.2 Å². The molecule has 0 saturated carbocycles. The number of nitrogens with one attached hydrogen (secondary N) is 1. The fourth-order valence-corrected chi connectivity index (χ4v) is 2.56. The van der Waals surface area contributed by atoms with Gasteiger partial charge in [0.2, 0.25) is 0 Å². The van der Waals surface area contributed by atoms with Crippen molar-refractivity contribution in [2.45, 2.75) is 0 Å². The molecule has 1 aromatic heterocycles. The molecule has 0 aliphatic heterocycles. The zero-order chi connectivity index (χ0) is 18.5. The van der Waals surface area contributed by atoms with E-state index in [1.165, 1.54) is 4.90 Å². The molecule has 3 aromatic rings. The fourth-order valence-electron chi connectivity index (χ4n) is 2.29. The van der Waals surface area contributed by atoms with Gasteiger partial charge < -0.3 is 9.64 Å². The van der Waals surface area contributed by atoms with Gasteiger partial charge in [0.1, 0.15) is 5.69 Å². The second kappa shape index (κ2) is 7.97. The number of halogens is 1. The van der Waals surface area contributed by atoms with Gasteiger partial charge in [0.05, 0.1) is 5.69 Å². The van der Waals surface area contributed by atoms with Crippen LogP contribution in [-0.4, -0.2) is 35.7 Å². The molecule has 7 heteroatoms. The van der Waals surface area contributed by atoms with E-state index in [-0.39, 0.29) is 18.2 Å². The standard InChI is InChI=1S/C19H16BrN3O3/c1-23(15-5-3-2-4-6-15)18(24)12-26-19(25)17-11-16(21-22-17)13-7-9-14(20)10-8-13/h2-11H,12H2,1H3,(H,21,22). The average molecular weight is 414 g/mol. The lowest BCUT2D eigenvalue weighted by molar-refractivity contribution is -0.121. The first-order valence-electron chi connectivity index (χ1n) is 7.84. The number of likely N-dealkylation sites (N-methyl/N-ethyl adjacent to an activating group) is 1. The summed E-state index contributed by atoms with van der Waals surface area (Å²) >= 11 is 3.37. The monoisotopic (exact) mass is 413 g/mol. The number of para-hydroxylation sites is 1. The molecule has 0 atom stereocenters. The number of hydrogen-bond donors (Lipinski definition) is 1. The number of anilines is 1. The fraction of sp³-hybridized carbons (Fsp3) is 0.105. The van der Waals surface area contributed by atoms with Gasteiger partial charge in [0, 0.05) is 22.8 Å². The molecule has 1 amide bonds. The van der Waals surface area contributed by atoms with Crippen LogP contribution in [0.3, 0.4) is 0 Å². The first kappa shape index (κ1) is 17.9. The third kappa shape index (κ3) is 4.18. The van der Waals surface area contributed by atoms with Crippen LogP contribution in [-0.2, 0) is 9.53 Å². The number of rotatable bonds is 5. The number of nitrogens with zero attached hydrogens (tertiary/aromatic N) is 2. The van der Waals surface area contributed by atoms with Gasteiger partial charge in [-0.25, -0.2) is 4.79 Å². The van der Waals surface area contributed by atoms with Gasteiger partial charge in [0.15, 0.2) is 6.61 Å². The molecule has 0 saturated heterocycles. The predicted octanol–water partition coefficient (Wildman–Crippen LogP) is 3.66. The van der Waals surface area contributed by atoms with Crippen LogP contribution in [0.5, 0.6) is 0 Å². The molecule has 1 N–H and O–H groups in total. The molecule has 0 fully saturated rings. The van der Waals surface area contributed by atoms with E-state index in [1.807, 2.05) is 42.5 Å². The number of aromatic nitrogens is 2. The molecular formula is C19H16BrN3O3. The molecule has 6 nitrogen and oxygen atoms in total. The number of carbonyl (C=O) groups is 2. The van der Waals surface area contributed by atoms with E-state index >= 15 is 0 Å². The maximum Gasteiger partial charge on any atom is 0.356 e. The molecule has 3 rings (SSSR count). The smallest absolute Gasteiger partial charge is 0.356 e. The Kier molecular flexibility index (Phi) is 5.48. The topological polar surface area (TPSA) is 75.3 Å². The normalized spacial score (nSPS) is 10.4. The summed E-state index contributed by atoms with van der Waals surface area (Å²) in [7, 11) is 1.63. The summed E-state index contributed by atoms with van der Waals surface area (Å²) in [5, 5.41) is 6.75. The molecule has 0 aliphatic rings. The Morgan fingerprint density at radius 3 is 2.50 bits per heavy atom. The van der Waals surface area contributed by atoms with Crippen LogP contribution in [0.2, 0.25) is 0 Å². The minimum absolute atomic E-state index is 0.193. The number of H-pyrrole nitrogens is 1. The zero-order valence-electron chi connectivity index (χ0n) is 14.0. The van der Waals surface area contributed by atoms with E-state index in [2.05, 4.69) is 26.1 Å². The SMILES string of the molecule is CN(C(=O)COC(=O)c1cc(-c2ccc(Br)cc2)n[nH]1)c1ccccc1. The van der Waals surface area contributed by atoms with Crippen molar-refractivity contribution in [2.75, 3.05) is 18.6 Å². The van der Waals surface area contributed by atoms with E-state index in [4.69, 9.17) is 4.74 Å². The number of ether oxygens (including phenoxy) is 1. The lowest BCUT2D eigenvalue weighted by Gasteiger charge is -2.16. The Morgan fingerprint density at radius 2 is 1.81 bits per heavy atom. The van der Waals surface area contributed by atoms with Crippen molar-refractivity contribution >= 4 is 33.5 Å². The van der Waals surface area contributed by atoms with Crippen molar-refractivity contribution in [3.05, 3.63) is 70.8 Å². The Balaban J connectivity index is 1.60. The van der Waals surface area contributed by atoms with Gasteiger partial charge in [-0.3, -0.25) is 9.89 Å². The third-order valence-electron chi connectivity index (χ3n) is 3.78. The molecular weight excluding hydrogens is 398 g/mol. The van der Waals surface area contributed by atoms with Crippen molar-refractivity contribution in [3.8, 4) is 11.3 Å². The van der Waals surface area contributed by atoms with Crippen LogP contribution < -0.4 is 4.90 Å². The lowest BCUT2D eigenvalue weighted by Crippen LogP contribution is -2.31. The minimum Gasteiger partial charge on any atom is -0.451 e. The molecule has 2 aromatic carbocycles. The summed E-state index contributed by atoms with van der Waals surface area (Å²) in [4.78, 5) is 25.7. The van der Waals surface area contributed by atoms with Gasteiger partial charge in [-0.2, -0.15) is 5.10 Å². The zero-order valence-corrected chi connectivity index (χ0v) is 15.6. The number of hydrogen-bond acceptors (Lipinski definition) is 4. The minimum atomic E-state index is -0.629. The molecule has 0 aliphatic carbocycles. The Hall–Kier alpha value is -2.93. The number of carbonyl (C=O) groups excluding carboxylic acids is 2. The van der Waals surface area contributed by atoms with E-state index in [0.717, 1.165) is 15.7 Å². The predicted molar refractivity (Wildman–Crippen MR) is 102 cm³/mol. The Bertz CT molecular complexity index is 907. The van der Waals surface area contributed by atoms with Crippen LogP contribution in [0.25, 0.3) is 11.3 Å². The van der Waals surface area contributed by atoms with Crippen LogP contribution in [0, 0.1) is 0 Å². The first-order valence-corrected chi connectivity index (χ1v) is 8.64. The lowest BCUT2D eigenvalue weighted by atomic mass is 10.1. The average Bonchev–Trinajstić information content (AvgIpc) is 3.16. The summed E-state index contributed by atoms with van der Waals surface area (Å²) in [6, 6.07) is 18.3. The third-order valence-corrected chi connectivity index (χ3v) is 4.31. The summed E-state index contributed by atoms with van der Waals surface area (Å²) < 4.78 is 6.05. The van der Waals surface area contributed by atoms with E-state index in [9.17, 15) is 9.59 Å². The molecule has 0 unspecified atom stereocenters. The van der Waals surface area contributed by atoms with Gasteiger partial charge in [-0.15, -0.1) is 0 Å². The van der Waals surface area contributed by atoms with Crippen molar-refractivity contribution in [1.29, 1.82) is 0 Å². The first-order chi connectivity index (χ1) is 12.5. The highest BCUT2D eigenvalue weighted by Crippen LogP contribution is 2.20. The van der Waals surface area contributed by atoms with Gasteiger partial charge >= 0.3 is 5.97 Å². The largest absolute Gasteiger partial charge is 0.451 e. The summed E-state index contributed by atoms with van der Waals surface area (Å²) in [5.41, 5.74) is 2.41. The maximum atomic E-state index is 12.2. The molecule has 0 spiro atoms. The van der Waals surface area contributed by atoms with E-state index in [0.29, 0.717) is 5.69 Å². The van der Waals surface area contributed by atoms with Crippen LogP contribution in [0.1, 0.15) is 10.5 Å². The molecule has 1 heterocycles. The Morgan fingerprint density at radius 1 is 1.12 bits per heavy atom. The number of benzene rings is 2. The summed E-state index contributed by atoms with van der Waals surface area (Å²) in [6.07, 6.45) is 0. The van der Waals surface area contributed by atoms with E-state index < -0.39 is 5.97 Å². The van der Waals surface area contributed by atoms with Crippen LogP contribution in [0.15, 0.2) is 65.1 Å². The van der Waals surface area contributed by atoms with Crippen LogP contribution in [0.4, 0.5) is 5.69 Å². The van der Waals surface area contributed by atoms with Gasteiger partial charge in [0.25, 0.3) is 5.91 Å². The number of esters is 1. The van der Waals surface area contributed by atoms with Crippen molar-refractivity contribution in [1.82, 2.24) is 10.2 Å². The molecule has 132 valence electrons. The van der Waals surface area contributed by atoms with Crippen molar-refractivity contribution in [3.63, 3.8) is 0 Å². The maximum absolute atomic E-state index is 12.2. The summed E-state index contributed by atoms with van der Waals surface area (Å²) in [5.74, 6) is -0.951. The summed E-state index contributed by atoms with van der Waals surface area (Å²) in [6.45, 7) is -0.350. The number of amides is 1. The van der Waals surface area contributed by atoms with Crippen molar-refractivity contribution in [2.24, 2.45) is 0 Å². The second-order valence-electron chi connectivity index (χ2n) is 5.54. The van der Waals surface area contributed by atoms with Crippen LogP contribution >= 0.6 is 15.9 Å². The molecule has 26 heavy (non-hydrogen) atoms. The van der Waals surface area contributed by atoms with Gasteiger partial charge in [-0.05, 0) is 30.3 Å². The second-order valence-corrected chi connectivity index (χ2v) is 6.45. The Labute approximate surface area is 158 Å². The van der Waals surface area contributed by atoms with Crippen molar-refractivity contribution < 1.29 is 14.3 Å². The highest BCUT2D eigenvalue weighted by atomic mass is 79.9. The molecule has 0 bridgehead atoms. The number of aromatic amines is 1. The van der Waals surface area contributed by atoms with Gasteiger partial charge in [-0.1, -0.05) is 46.3 Å².